The molecule has 1 heterocycles. The summed E-state index contributed by atoms with van der Waals surface area (Å²) in [7, 11) is 1.55. The summed E-state index contributed by atoms with van der Waals surface area (Å²) in [6.07, 6.45) is 3.79. The van der Waals surface area contributed by atoms with Gasteiger partial charge in [0.25, 0.3) is 5.91 Å². The molecule has 1 fully saturated rings. The number of benzene rings is 2. The minimum atomic E-state index is -0.472. The van der Waals surface area contributed by atoms with Crippen molar-refractivity contribution < 1.29 is 19.1 Å². The van der Waals surface area contributed by atoms with Gasteiger partial charge in [0, 0.05) is 30.0 Å². The lowest BCUT2D eigenvalue weighted by Gasteiger charge is -2.28. The third-order valence-electron chi connectivity index (χ3n) is 4.76. The van der Waals surface area contributed by atoms with Crippen LogP contribution in [0.15, 0.2) is 48.5 Å². The number of hydrogen-bond donors (Lipinski definition) is 1. The van der Waals surface area contributed by atoms with Crippen LogP contribution in [0.25, 0.3) is 0 Å². The number of esters is 1. The van der Waals surface area contributed by atoms with Crippen LogP contribution in [0.2, 0.25) is 0 Å². The number of nitrogens with one attached hydrogen (secondary N) is 1. The van der Waals surface area contributed by atoms with Crippen molar-refractivity contribution >= 4 is 23.3 Å². The van der Waals surface area contributed by atoms with Crippen molar-refractivity contribution in [3.05, 3.63) is 54.1 Å². The molecule has 2 aromatic carbocycles. The zero-order valence-corrected chi connectivity index (χ0v) is 16.1. The summed E-state index contributed by atoms with van der Waals surface area (Å²) in [4.78, 5) is 26.4. The number of methoxy groups -OCH3 is 1. The van der Waals surface area contributed by atoms with Crippen LogP contribution < -0.4 is 15.0 Å². The van der Waals surface area contributed by atoms with Gasteiger partial charge in [0.1, 0.15) is 5.75 Å². The SMILES string of the molecule is COc1ccccc1CC(=O)OCC(=O)Nc1ccc(N2CCCCC2)cc1. The maximum Gasteiger partial charge on any atom is 0.310 e. The van der Waals surface area contributed by atoms with Crippen LogP contribution in [0, 0.1) is 0 Å². The number of carbonyl (C=O) groups excluding carboxylic acids is 2. The Morgan fingerprint density at radius 3 is 2.43 bits per heavy atom. The van der Waals surface area contributed by atoms with E-state index >= 15 is 0 Å². The molecule has 1 N–H and O–H groups in total. The van der Waals surface area contributed by atoms with E-state index < -0.39 is 5.97 Å². The first-order chi connectivity index (χ1) is 13.7. The van der Waals surface area contributed by atoms with Gasteiger partial charge < -0.3 is 19.7 Å². The van der Waals surface area contributed by atoms with Gasteiger partial charge in [-0.15, -0.1) is 0 Å². The maximum absolute atomic E-state index is 12.1. The first-order valence-corrected chi connectivity index (χ1v) is 9.58. The Balaban J connectivity index is 1.45. The maximum atomic E-state index is 12.1. The Labute approximate surface area is 165 Å². The number of nitrogens with zero attached hydrogens (tertiary/aromatic N) is 1. The lowest BCUT2D eigenvalue weighted by molar-refractivity contribution is -0.146. The van der Waals surface area contributed by atoms with E-state index in [1.54, 1.807) is 19.2 Å². The van der Waals surface area contributed by atoms with Gasteiger partial charge in [-0.3, -0.25) is 9.59 Å². The monoisotopic (exact) mass is 382 g/mol. The highest BCUT2D eigenvalue weighted by molar-refractivity contribution is 5.93. The molecule has 1 saturated heterocycles. The van der Waals surface area contributed by atoms with Gasteiger partial charge in [0.05, 0.1) is 13.5 Å². The Morgan fingerprint density at radius 1 is 1.00 bits per heavy atom. The van der Waals surface area contributed by atoms with Gasteiger partial charge in [-0.2, -0.15) is 0 Å². The van der Waals surface area contributed by atoms with E-state index in [0.717, 1.165) is 18.7 Å². The summed E-state index contributed by atoms with van der Waals surface area (Å²) in [5.41, 5.74) is 2.58. The van der Waals surface area contributed by atoms with E-state index in [9.17, 15) is 9.59 Å². The van der Waals surface area contributed by atoms with Crippen LogP contribution in [-0.4, -0.2) is 38.7 Å². The van der Waals surface area contributed by atoms with Crippen LogP contribution in [0.4, 0.5) is 11.4 Å². The Hall–Kier alpha value is -3.02. The smallest absolute Gasteiger partial charge is 0.310 e. The molecule has 0 saturated carbocycles. The normalized spacial score (nSPS) is 13.7. The lowest BCUT2D eigenvalue weighted by Crippen LogP contribution is -2.29. The highest BCUT2D eigenvalue weighted by Crippen LogP contribution is 2.22. The highest BCUT2D eigenvalue weighted by atomic mass is 16.5. The molecule has 0 spiro atoms. The van der Waals surface area contributed by atoms with Gasteiger partial charge in [0.15, 0.2) is 6.61 Å². The van der Waals surface area contributed by atoms with Gasteiger partial charge in [-0.25, -0.2) is 0 Å². The minimum Gasteiger partial charge on any atom is -0.496 e. The standard InChI is InChI=1S/C22H26N2O4/c1-27-20-8-4-3-7-17(20)15-22(26)28-16-21(25)23-18-9-11-19(12-10-18)24-13-5-2-6-14-24/h3-4,7-12H,2,5-6,13-16H2,1H3,(H,23,25). The summed E-state index contributed by atoms with van der Waals surface area (Å²) in [6.45, 7) is 1.84. The number of hydrogen-bond acceptors (Lipinski definition) is 5. The topological polar surface area (TPSA) is 67.9 Å². The average Bonchev–Trinajstić information content (AvgIpc) is 2.74. The van der Waals surface area contributed by atoms with E-state index in [-0.39, 0.29) is 18.9 Å². The number of rotatable bonds is 7. The Morgan fingerprint density at radius 2 is 1.71 bits per heavy atom. The van der Waals surface area contributed by atoms with Crippen LogP contribution in [0.5, 0.6) is 5.75 Å². The van der Waals surface area contributed by atoms with Crippen LogP contribution in [0.1, 0.15) is 24.8 Å². The number of carbonyl (C=O) groups is 2. The molecule has 0 atom stereocenters. The number of anilines is 2. The molecule has 3 rings (SSSR count). The van der Waals surface area contributed by atoms with Crippen molar-refractivity contribution in [2.75, 3.05) is 37.0 Å². The molecule has 6 heteroatoms. The molecule has 2 aromatic rings. The fourth-order valence-electron chi connectivity index (χ4n) is 3.31. The molecule has 1 amide bonds. The summed E-state index contributed by atoms with van der Waals surface area (Å²) in [5, 5.41) is 2.75. The molecule has 0 aliphatic carbocycles. The second-order valence-corrected chi connectivity index (χ2v) is 6.79. The number of para-hydroxylation sites is 1. The zero-order chi connectivity index (χ0) is 19.8. The minimum absolute atomic E-state index is 0.0574. The van der Waals surface area contributed by atoms with Crippen molar-refractivity contribution in [2.45, 2.75) is 25.7 Å². The molecule has 28 heavy (non-hydrogen) atoms. The molecule has 0 radical (unpaired) electrons. The first-order valence-electron chi connectivity index (χ1n) is 9.58. The predicted octanol–water partition coefficient (Wildman–Crippen LogP) is 3.41. The predicted molar refractivity (Wildman–Crippen MR) is 109 cm³/mol. The van der Waals surface area contributed by atoms with E-state index in [0.29, 0.717) is 11.4 Å². The molecule has 6 nitrogen and oxygen atoms in total. The van der Waals surface area contributed by atoms with Crippen molar-refractivity contribution in [1.29, 1.82) is 0 Å². The van der Waals surface area contributed by atoms with Gasteiger partial charge in [-0.05, 0) is 49.6 Å². The summed E-state index contributed by atoms with van der Waals surface area (Å²) in [6, 6.07) is 15.0. The van der Waals surface area contributed by atoms with Crippen LogP contribution >= 0.6 is 0 Å². The molecular weight excluding hydrogens is 356 g/mol. The van der Waals surface area contributed by atoms with Crippen molar-refractivity contribution in [3.63, 3.8) is 0 Å². The summed E-state index contributed by atoms with van der Waals surface area (Å²) in [5.74, 6) is -0.211. The fraction of sp³-hybridized carbons (Fsp3) is 0.364. The summed E-state index contributed by atoms with van der Waals surface area (Å²) < 4.78 is 10.3. The van der Waals surface area contributed by atoms with Gasteiger partial charge in [-0.1, -0.05) is 18.2 Å². The molecular formula is C22H26N2O4. The van der Waals surface area contributed by atoms with Crippen LogP contribution in [-0.2, 0) is 20.7 Å². The van der Waals surface area contributed by atoms with Gasteiger partial charge >= 0.3 is 5.97 Å². The zero-order valence-electron chi connectivity index (χ0n) is 16.1. The molecule has 1 aliphatic rings. The molecule has 148 valence electrons. The van der Waals surface area contributed by atoms with E-state index in [1.165, 1.54) is 24.9 Å². The Kier molecular flexibility index (Phi) is 6.89. The Bertz CT molecular complexity index is 798. The van der Waals surface area contributed by atoms with Crippen molar-refractivity contribution in [3.8, 4) is 5.75 Å². The van der Waals surface area contributed by atoms with E-state index in [4.69, 9.17) is 9.47 Å². The molecule has 0 aromatic heterocycles. The third-order valence-corrected chi connectivity index (χ3v) is 4.76. The third kappa shape index (κ3) is 5.49. The molecule has 1 aliphatic heterocycles. The number of ether oxygens (including phenoxy) is 2. The van der Waals surface area contributed by atoms with E-state index in [2.05, 4.69) is 10.2 Å². The first kappa shape index (κ1) is 19.7. The fourth-order valence-corrected chi connectivity index (χ4v) is 3.31. The van der Waals surface area contributed by atoms with Crippen LogP contribution in [0.3, 0.4) is 0 Å². The number of amides is 1. The van der Waals surface area contributed by atoms with Crippen molar-refractivity contribution in [2.24, 2.45) is 0 Å². The molecule has 0 bridgehead atoms. The van der Waals surface area contributed by atoms with Crippen molar-refractivity contribution in [1.82, 2.24) is 0 Å². The second-order valence-electron chi connectivity index (χ2n) is 6.79. The second kappa shape index (κ2) is 9.78. The average molecular weight is 382 g/mol. The number of piperidine rings is 1. The largest absolute Gasteiger partial charge is 0.496 e. The lowest BCUT2D eigenvalue weighted by atomic mass is 10.1. The summed E-state index contributed by atoms with van der Waals surface area (Å²) >= 11 is 0. The van der Waals surface area contributed by atoms with E-state index in [1.807, 2.05) is 36.4 Å². The molecule has 0 unspecified atom stereocenters. The highest BCUT2D eigenvalue weighted by Gasteiger charge is 2.13. The van der Waals surface area contributed by atoms with Gasteiger partial charge in [0.2, 0.25) is 0 Å². The quantitative estimate of drug-likeness (QED) is 0.744.